The second-order valence-electron chi connectivity index (χ2n) is 9.56. The van der Waals surface area contributed by atoms with Crippen molar-refractivity contribution in [3.05, 3.63) is 71.3 Å². The average Bonchev–Trinajstić information content (AvgIpc) is 3.59. The van der Waals surface area contributed by atoms with Crippen LogP contribution in [0, 0.1) is 35.5 Å². The lowest BCUT2D eigenvalue weighted by atomic mass is 9.63. The normalized spacial score (nSPS) is 31.8. The fraction of sp³-hybridized carbons (Fsp3) is 0.346. The van der Waals surface area contributed by atoms with Crippen LogP contribution in [-0.2, 0) is 20.8 Å². The summed E-state index contributed by atoms with van der Waals surface area (Å²) in [5.41, 5.74) is 0.984. The number of amides is 3. The number of phenolic OH excluding ortho intramolecular Hbond substituents is 1. The molecule has 0 aromatic heterocycles. The molecule has 0 radical (unpaired) electrons. The number of aromatic hydroxyl groups is 1. The molecule has 4 aliphatic carbocycles. The van der Waals surface area contributed by atoms with Crippen LogP contribution in [0.4, 0.5) is 5.69 Å². The van der Waals surface area contributed by atoms with Gasteiger partial charge in [-0.1, -0.05) is 54.1 Å². The fourth-order valence-corrected chi connectivity index (χ4v) is 6.42. The molecule has 7 heteroatoms. The average molecular weight is 463 g/mol. The van der Waals surface area contributed by atoms with Gasteiger partial charge in [-0.05, 0) is 53.9 Å². The van der Waals surface area contributed by atoms with Crippen molar-refractivity contribution < 1.29 is 19.5 Å². The van der Waals surface area contributed by atoms with Crippen molar-refractivity contribution in [3.63, 3.8) is 0 Å². The number of nitrogens with one attached hydrogen (secondary N) is 1. The molecule has 2 N–H and O–H groups in total. The van der Waals surface area contributed by atoms with Crippen molar-refractivity contribution in [2.24, 2.45) is 35.5 Å². The van der Waals surface area contributed by atoms with Gasteiger partial charge in [0.25, 0.3) is 0 Å². The van der Waals surface area contributed by atoms with Gasteiger partial charge in [0.2, 0.25) is 17.7 Å². The van der Waals surface area contributed by atoms with Gasteiger partial charge in [0.1, 0.15) is 11.8 Å². The Morgan fingerprint density at radius 2 is 1.67 bits per heavy atom. The first-order valence-corrected chi connectivity index (χ1v) is 11.7. The number of phenols is 1. The third-order valence-electron chi connectivity index (χ3n) is 7.80. The van der Waals surface area contributed by atoms with Gasteiger partial charge in [-0.2, -0.15) is 0 Å². The summed E-state index contributed by atoms with van der Waals surface area (Å²) in [6.07, 6.45) is 5.51. The van der Waals surface area contributed by atoms with Gasteiger partial charge >= 0.3 is 0 Å². The Morgan fingerprint density at radius 3 is 2.30 bits per heavy atom. The van der Waals surface area contributed by atoms with E-state index in [1.54, 1.807) is 0 Å². The monoisotopic (exact) mass is 462 g/mol. The number of imide groups is 1. The van der Waals surface area contributed by atoms with Gasteiger partial charge in [0.15, 0.2) is 0 Å². The van der Waals surface area contributed by atoms with Crippen LogP contribution in [0.3, 0.4) is 0 Å². The van der Waals surface area contributed by atoms with E-state index < -0.39 is 11.9 Å². The standard InChI is InChI=1S/C26H23ClN2O4/c27-14-6-9-21(30)19(11-14)28-24(31)20(10-13-4-2-1-3-5-13)29-25(32)22-15-7-8-16(18-12-17(15)18)23(22)26(29)33/h1-9,11,15-18,20,22-23,30H,10,12H2,(H,28,31)/t15-,16-,17-,18-,20-,22+,23+/m1/s1. The van der Waals surface area contributed by atoms with Crippen LogP contribution in [0.2, 0.25) is 5.02 Å². The highest BCUT2D eigenvalue weighted by molar-refractivity contribution is 6.31. The second kappa shape index (κ2) is 7.45. The molecule has 3 amide bonds. The predicted molar refractivity (Wildman–Crippen MR) is 122 cm³/mol. The van der Waals surface area contributed by atoms with Crippen LogP contribution in [-0.4, -0.2) is 33.8 Å². The third-order valence-corrected chi connectivity index (χ3v) is 8.03. The number of carbonyl (C=O) groups is 3. The lowest BCUT2D eigenvalue weighted by Crippen LogP contribution is -2.49. The molecule has 7 atom stereocenters. The highest BCUT2D eigenvalue weighted by Gasteiger charge is 2.67. The Hall–Kier alpha value is -3.12. The molecule has 2 saturated carbocycles. The first-order chi connectivity index (χ1) is 15.9. The summed E-state index contributed by atoms with van der Waals surface area (Å²) in [5.74, 6) is -0.757. The molecule has 6 nitrogen and oxygen atoms in total. The number of allylic oxidation sites excluding steroid dienone is 2. The zero-order valence-corrected chi connectivity index (χ0v) is 18.5. The first kappa shape index (κ1) is 20.5. The number of nitrogens with zero attached hydrogens (tertiary/aromatic N) is 1. The minimum absolute atomic E-state index is 0.0869. The lowest BCUT2D eigenvalue weighted by molar-refractivity contribution is -0.146. The molecular weight excluding hydrogens is 440 g/mol. The van der Waals surface area contributed by atoms with Crippen LogP contribution < -0.4 is 5.32 Å². The highest BCUT2D eigenvalue weighted by Crippen LogP contribution is 2.65. The molecule has 33 heavy (non-hydrogen) atoms. The molecule has 168 valence electrons. The molecule has 3 fully saturated rings. The summed E-state index contributed by atoms with van der Waals surface area (Å²) in [6, 6.07) is 12.7. The van der Waals surface area contributed by atoms with E-state index in [2.05, 4.69) is 17.5 Å². The summed E-state index contributed by atoms with van der Waals surface area (Å²) in [7, 11) is 0. The van der Waals surface area contributed by atoms with E-state index in [-0.39, 0.29) is 53.3 Å². The van der Waals surface area contributed by atoms with Gasteiger partial charge in [-0.15, -0.1) is 0 Å². The maximum Gasteiger partial charge on any atom is 0.248 e. The Morgan fingerprint density at radius 1 is 1.03 bits per heavy atom. The molecule has 1 heterocycles. The molecule has 2 aromatic carbocycles. The number of carbonyl (C=O) groups excluding carboxylic acids is 3. The van der Waals surface area contributed by atoms with Crippen LogP contribution in [0.5, 0.6) is 5.75 Å². The molecule has 1 saturated heterocycles. The quantitative estimate of drug-likeness (QED) is 0.403. The van der Waals surface area contributed by atoms with Crippen molar-refractivity contribution in [2.45, 2.75) is 18.9 Å². The lowest BCUT2D eigenvalue weighted by Gasteiger charge is -2.37. The number of benzene rings is 2. The van der Waals surface area contributed by atoms with Crippen molar-refractivity contribution in [1.29, 1.82) is 0 Å². The highest BCUT2D eigenvalue weighted by atomic mass is 35.5. The Balaban J connectivity index is 1.34. The second-order valence-corrected chi connectivity index (χ2v) is 9.99. The van der Waals surface area contributed by atoms with Gasteiger partial charge < -0.3 is 10.4 Å². The molecule has 5 aliphatic rings. The number of halogens is 1. The van der Waals surface area contributed by atoms with E-state index in [1.165, 1.54) is 23.1 Å². The zero-order valence-electron chi connectivity index (χ0n) is 17.7. The maximum atomic E-state index is 13.6. The SMILES string of the molecule is O=C(Nc1cc(Cl)ccc1O)[C@@H](Cc1ccccc1)N1C(=O)[C@H]2[C@@H]3C=C[C@H]([C@H]4C[C@H]34)[C@@H]2C1=O. The Kier molecular flexibility index (Phi) is 4.63. The molecule has 0 spiro atoms. The molecular formula is C26H23ClN2O4. The molecule has 0 unspecified atom stereocenters. The van der Waals surface area contributed by atoms with Crippen molar-refractivity contribution in [2.75, 3.05) is 5.32 Å². The summed E-state index contributed by atoms with van der Waals surface area (Å²) < 4.78 is 0. The first-order valence-electron chi connectivity index (χ1n) is 11.3. The molecule has 1 aliphatic heterocycles. The maximum absolute atomic E-state index is 13.6. The van der Waals surface area contributed by atoms with Crippen LogP contribution in [0.15, 0.2) is 60.7 Å². The van der Waals surface area contributed by atoms with Crippen molar-refractivity contribution in [1.82, 2.24) is 4.90 Å². The minimum atomic E-state index is -1.02. The molecule has 2 bridgehead atoms. The molecule has 7 rings (SSSR count). The zero-order chi connectivity index (χ0) is 22.9. The number of rotatable bonds is 5. The van der Waals surface area contributed by atoms with E-state index >= 15 is 0 Å². The Bertz CT molecular complexity index is 1160. The summed E-state index contributed by atoms with van der Waals surface area (Å²) in [6.45, 7) is 0. The predicted octanol–water partition coefficient (Wildman–Crippen LogP) is 3.65. The van der Waals surface area contributed by atoms with E-state index in [0.717, 1.165) is 12.0 Å². The smallest absolute Gasteiger partial charge is 0.248 e. The minimum Gasteiger partial charge on any atom is -0.506 e. The number of hydrogen-bond donors (Lipinski definition) is 2. The van der Waals surface area contributed by atoms with Gasteiger partial charge in [0.05, 0.1) is 17.5 Å². The van der Waals surface area contributed by atoms with E-state index in [4.69, 9.17) is 11.6 Å². The number of likely N-dealkylation sites (tertiary alicyclic amines) is 1. The van der Waals surface area contributed by atoms with Gasteiger partial charge in [-0.3, -0.25) is 19.3 Å². The van der Waals surface area contributed by atoms with Gasteiger partial charge in [-0.25, -0.2) is 0 Å². The van der Waals surface area contributed by atoms with E-state index in [1.807, 2.05) is 30.3 Å². The topological polar surface area (TPSA) is 86.7 Å². The number of hydrogen-bond acceptors (Lipinski definition) is 4. The van der Waals surface area contributed by atoms with Crippen molar-refractivity contribution >= 4 is 35.0 Å². The van der Waals surface area contributed by atoms with Crippen LogP contribution in [0.1, 0.15) is 12.0 Å². The fourth-order valence-electron chi connectivity index (χ4n) is 6.25. The van der Waals surface area contributed by atoms with E-state index in [0.29, 0.717) is 16.9 Å². The summed E-state index contributed by atoms with van der Waals surface area (Å²) >= 11 is 6.03. The van der Waals surface area contributed by atoms with Gasteiger partial charge in [0, 0.05) is 11.4 Å². The van der Waals surface area contributed by atoms with E-state index in [9.17, 15) is 19.5 Å². The third kappa shape index (κ3) is 3.19. The summed E-state index contributed by atoms with van der Waals surface area (Å²) in [5, 5.41) is 13.2. The Labute approximate surface area is 196 Å². The molecule has 2 aromatic rings. The van der Waals surface area contributed by atoms with Crippen LogP contribution >= 0.6 is 11.6 Å². The number of anilines is 1. The van der Waals surface area contributed by atoms with Crippen LogP contribution in [0.25, 0.3) is 0 Å². The largest absolute Gasteiger partial charge is 0.506 e. The summed E-state index contributed by atoms with van der Waals surface area (Å²) in [4.78, 5) is 42.0. The van der Waals surface area contributed by atoms with Crippen molar-refractivity contribution in [3.8, 4) is 5.75 Å².